The van der Waals surface area contributed by atoms with Gasteiger partial charge in [0.25, 0.3) is 0 Å². The Kier molecular flexibility index (Phi) is 4.78. The molecule has 0 bridgehead atoms. The molecule has 0 amide bonds. The van der Waals surface area contributed by atoms with Gasteiger partial charge in [-0.15, -0.1) is 0 Å². The molecule has 0 radical (unpaired) electrons. The summed E-state index contributed by atoms with van der Waals surface area (Å²) in [5.41, 5.74) is 1.44. The van der Waals surface area contributed by atoms with Gasteiger partial charge in [0.1, 0.15) is 0 Å². The summed E-state index contributed by atoms with van der Waals surface area (Å²) in [5, 5.41) is 0. The summed E-state index contributed by atoms with van der Waals surface area (Å²) in [6.45, 7) is 7.73. The van der Waals surface area contributed by atoms with Crippen molar-refractivity contribution in [3.8, 4) is 0 Å². The summed E-state index contributed by atoms with van der Waals surface area (Å²) in [4.78, 5) is 40.1. The normalized spacial score (nSPS) is 31.6. The van der Waals surface area contributed by atoms with E-state index >= 15 is 0 Å². The van der Waals surface area contributed by atoms with Crippen molar-refractivity contribution in [3.05, 3.63) is 34.9 Å². The van der Waals surface area contributed by atoms with E-state index in [1.54, 1.807) is 25.9 Å². The number of hydrogen-bond acceptors (Lipinski definition) is 5. The molecule has 1 fully saturated rings. The Hall–Kier alpha value is -2.01. The third kappa shape index (κ3) is 3.09. The van der Waals surface area contributed by atoms with Gasteiger partial charge in [0.2, 0.25) is 5.78 Å². The Balaban J connectivity index is 1.98. The predicted molar refractivity (Wildman–Crippen MR) is 98.4 cm³/mol. The lowest BCUT2D eigenvalue weighted by molar-refractivity contribution is -0.163. The molecule has 3 atom stereocenters. The maximum Gasteiger partial charge on any atom is 0.321 e. The van der Waals surface area contributed by atoms with Crippen LogP contribution in [0.5, 0.6) is 0 Å². The van der Waals surface area contributed by atoms with Gasteiger partial charge in [-0.1, -0.05) is 18.2 Å². The van der Waals surface area contributed by atoms with Crippen LogP contribution in [0.25, 0.3) is 0 Å². The second kappa shape index (κ2) is 6.62. The van der Waals surface area contributed by atoms with Crippen molar-refractivity contribution in [3.63, 3.8) is 0 Å². The fourth-order valence-corrected chi connectivity index (χ4v) is 4.51. The number of fused-ring (bicyclic) bond motifs is 2. The van der Waals surface area contributed by atoms with Crippen molar-refractivity contribution in [2.75, 3.05) is 20.6 Å². The number of ketones is 2. The van der Waals surface area contributed by atoms with Gasteiger partial charge >= 0.3 is 5.97 Å². The summed E-state index contributed by atoms with van der Waals surface area (Å²) in [6, 6.07) is 0. The largest absolute Gasteiger partial charge is 0.450 e. The number of carbonyl (C=O) groups excluding carboxylic acids is 3. The number of nitrogens with zero attached hydrogens (tertiary/aromatic N) is 1. The molecular weight excluding hydrogens is 330 g/mol. The van der Waals surface area contributed by atoms with Crippen molar-refractivity contribution in [2.45, 2.75) is 45.1 Å². The number of ether oxygens (including phenoxy) is 1. The molecule has 1 saturated carbocycles. The van der Waals surface area contributed by atoms with E-state index in [-0.39, 0.29) is 36.4 Å². The Morgan fingerprint density at radius 1 is 1.38 bits per heavy atom. The maximum absolute atomic E-state index is 13.3. The van der Waals surface area contributed by atoms with Crippen LogP contribution in [0.1, 0.15) is 39.5 Å². The van der Waals surface area contributed by atoms with Crippen LogP contribution in [0.3, 0.4) is 0 Å². The summed E-state index contributed by atoms with van der Waals surface area (Å²) < 4.78 is 5.58. The summed E-state index contributed by atoms with van der Waals surface area (Å²) in [5.74, 6) is -0.794. The highest BCUT2D eigenvalue weighted by Gasteiger charge is 2.52. The highest BCUT2D eigenvalue weighted by molar-refractivity contribution is 6.19. The van der Waals surface area contributed by atoms with Gasteiger partial charge in [0.05, 0.1) is 6.54 Å². The van der Waals surface area contributed by atoms with Gasteiger partial charge in [-0.2, -0.15) is 0 Å². The Morgan fingerprint density at radius 2 is 2.08 bits per heavy atom. The fourth-order valence-electron chi connectivity index (χ4n) is 4.51. The molecule has 140 valence electrons. The lowest BCUT2D eigenvalue weighted by Crippen LogP contribution is -2.41. The van der Waals surface area contributed by atoms with Gasteiger partial charge in [-0.3, -0.25) is 19.3 Å². The van der Waals surface area contributed by atoms with Crippen LogP contribution in [0.2, 0.25) is 0 Å². The van der Waals surface area contributed by atoms with E-state index in [2.05, 4.69) is 6.58 Å². The van der Waals surface area contributed by atoms with Gasteiger partial charge in [-0.05, 0) is 58.7 Å². The zero-order valence-corrected chi connectivity index (χ0v) is 16.1. The first-order chi connectivity index (χ1) is 12.1. The standard InChI is InChI=1S/C21H27NO4/c1-12-7-6-8-14-9-13(2)19(24)15-10-21(3,20(25)18(15)17(12)14)26-16(23)11-22(4)5/h9,14,17H,1,6-8,10-11H2,2-5H3/t14?,17?,21-/m0/s1. The maximum atomic E-state index is 13.3. The molecule has 26 heavy (non-hydrogen) atoms. The number of Topliss-reactive ketones (excluding diaryl/α,β-unsaturated/α-hetero) is 2. The van der Waals surface area contributed by atoms with Gasteiger partial charge in [0, 0.05) is 23.5 Å². The van der Waals surface area contributed by atoms with Crippen LogP contribution in [-0.4, -0.2) is 48.7 Å². The Morgan fingerprint density at radius 3 is 2.73 bits per heavy atom. The van der Waals surface area contributed by atoms with Crippen LogP contribution in [0.4, 0.5) is 0 Å². The van der Waals surface area contributed by atoms with Gasteiger partial charge in [0.15, 0.2) is 11.4 Å². The second-order valence-corrected chi connectivity index (χ2v) is 8.21. The average molecular weight is 357 g/mol. The number of hydrogen-bond donors (Lipinski definition) is 0. The molecule has 0 aromatic carbocycles. The first kappa shape index (κ1) is 18.8. The van der Waals surface area contributed by atoms with Crippen LogP contribution in [0, 0.1) is 11.8 Å². The van der Waals surface area contributed by atoms with E-state index in [1.165, 1.54) is 0 Å². The molecule has 0 aliphatic heterocycles. The van der Waals surface area contributed by atoms with E-state index in [4.69, 9.17) is 4.74 Å². The second-order valence-electron chi connectivity index (χ2n) is 8.21. The predicted octanol–water partition coefficient (Wildman–Crippen LogP) is 2.62. The molecule has 3 aliphatic carbocycles. The third-order valence-corrected chi connectivity index (χ3v) is 5.66. The number of allylic oxidation sites excluding steroid dienone is 3. The van der Waals surface area contributed by atoms with Crippen LogP contribution in [0.15, 0.2) is 34.9 Å². The van der Waals surface area contributed by atoms with Crippen molar-refractivity contribution in [2.24, 2.45) is 11.8 Å². The van der Waals surface area contributed by atoms with E-state index in [1.807, 2.05) is 13.0 Å². The zero-order chi connectivity index (χ0) is 19.2. The minimum atomic E-state index is -1.30. The summed E-state index contributed by atoms with van der Waals surface area (Å²) in [7, 11) is 3.53. The number of likely N-dealkylation sites (N-methyl/N-ethyl adjacent to an activating group) is 1. The molecule has 3 rings (SSSR count). The third-order valence-electron chi connectivity index (χ3n) is 5.66. The van der Waals surface area contributed by atoms with Gasteiger partial charge in [-0.25, -0.2) is 0 Å². The summed E-state index contributed by atoms with van der Waals surface area (Å²) in [6.07, 6.45) is 4.99. The minimum absolute atomic E-state index is 0.0945. The molecule has 2 unspecified atom stereocenters. The van der Waals surface area contributed by atoms with E-state index in [0.717, 1.165) is 24.8 Å². The number of carbonyl (C=O) groups is 3. The van der Waals surface area contributed by atoms with Crippen molar-refractivity contribution in [1.29, 1.82) is 0 Å². The first-order valence-corrected chi connectivity index (χ1v) is 9.19. The first-order valence-electron chi connectivity index (χ1n) is 9.19. The molecule has 0 heterocycles. The van der Waals surface area contributed by atoms with E-state index in [0.29, 0.717) is 16.7 Å². The molecule has 0 aromatic rings. The molecule has 5 heteroatoms. The summed E-state index contributed by atoms with van der Waals surface area (Å²) >= 11 is 0. The SMILES string of the molecule is C=C1CCCC2C=C(C)C(=O)C3=C(C(=O)[C@@](C)(OC(=O)CN(C)C)C3)C12. The number of rotatable bonds is 3. The highest BCUT2D eigenvalue weighted by atomic mass is 16.6. The molecule has 0 N–H and O–H groups in total. The Labute approximate surface area is 154 Å². The molecule has 0 aromatic heterocycles. The number of esters is 1. The molecule has 0 saturated heterocycles. The van der Waals surface area contributed by atoms with Crippen molar-refractivity contribution >= 4 is 17.5 Å². The molecular formula is C21H27NO4. The fraction of sp³-hybridized carbons (Fsp3) is 0.571. The molecule has 5 nitrogen and oxygen atoms in total. The molecule has 3 aliphatic rings. The van der Waals surface area contributed by atoms with Crippen LogP contribution >= 0.6 is 0 Å². The monoisotopic (exact) mass is 357 g/mol. The van der Waals surface area contributed by atoms with Gasteiger partial charge < -0.3 is 4.74 Å². The highest BCUT2D eigenvalue weighted by Crippen LogP contribution is 2.49. The molecule has 0 spiro atoms. The van der Waals surface area contributed by atoms with Crippen molar-refractivity contribution in [1.82, 2.24) is 4.90 Å². The average Bonchev–Trinajstić information content (AvgIpc) is 2.71. The van der Waals surface area contributed by atoms with Crippen LogP contribution in [-0.2, 0) is 19.1 Å². The van der Waals surface area contributed by atoms with Crippen molar-refractivity contribution < 1.29 is 19.1 Å². The lowest BCUT2D eigenvalue weighted by Gasteiger charge is -2.33. The van der Waals surface area contributed by atoms with E-state index in [9.17, 15) is 14.4 Å². The minimum Gasteiger partial charge on any atom is -0.450 e. The van der Waals surface area contributed by atoms with Crippen LogP contribution < -0.4 is 0 Å². The van der Waals surface area contributed by atoms with E-state index < -0.39 is 11.6 Å². The Bertz CT molecular complexity index is 758. The smallest absolute Gasteiger partial charge is 0.321 e. The topological polar surface area (TPSA) is 63.7 Å². The lowest BCUT2D eigenvalue weighted by atomic mass is 9.71. The zero-order valence-electron chi connectivity index (χ0n) is 16.1. The quantitative estimate of drug-likeness (QED) is 0.574.